The maximum absolute atomic E-state index is 10.4. The van der Waals surface area contributed by atoms with Crippen LogP contribution in [0, 0.1) is 0 Å². The molecule has 1 amide bonds. The fourth-order valence-corrected chi connectivity index (χ4v) is 0.343. The summed E-state index contributed by atoms with van der Waals surface area (Å²) in [6.07, 6.45) is 0.187. The first-order chi connectivity index (χ1) is 4.70. The minimum absolute atomic E-state index is 0.0847. The van der Waals surface area contributed by atoms with Gasteiger partial charge in [-0.05, 0) is 6.08 Å². The maximum Gasteiger partial charge on any atom is 0.243 e. The third-order valence-corrected chi connectivity index (χ3v) is 0.908. The van der Waals surface area contributed by atoms with Gasteiger partial charge in [-0.2, -0.15) is 0 Å². The summed E-state index contributed by atoms with van der Waals surface area (Å²) in [5.41, 5.74) is 0. The van der Waals surface area contributed by atoms with E-state index in [1.807, 2.05) is 0 Å². The van der Waals surface area contributed by atoms with E-state index in [0.29, 0.717) is 0 Å². The predicted molar refractivity (Wildman–Crippen MR) is 36.2 cm³/mol. The second-order valence-corrected chi connectivity index (χ2v) is 1.64. The number of hydrogen-bond donors (Lipinski definition) is 2. The van der Waals surface area contributed by atoms with Gasteiger partial charge in [0.05, 0.1) is 6.54 Å². The van der Waals surface area contributed by atoms with Crippen LogP contribution < -0.4 is 5.32 Å². The Morgan fingerprint density at radius 3 is 3.00 bits per heavy atom. The molecule has 2 N–H and O–H groups in total. The van der Waals surface area contributed by atoms with E-state index >= 15 is 0 Å². The highest BCUT2D eigenvalue weighted by Crippen LogP contribution is 1.78. The topological polar surface area (TPSA) is 58.6 Å². The van der Waals surface area contributed by atoms with E-state index in [1.54, 1.807) is 0 Å². The van der Waals surface area contributed by atoms with Gasteiger partial charge < -0.3 is 15.2 Å². The number of nitrogens with one attached hydrogen (secondary N) is 1. The van der Waals surface area contributed by atoms with Crippen LogP contribution in [0.5, 0.6) is 0 Å². The summed E-state index contributed by atoms with van der Waals surface area (Å²) in [6.45, 7) is 3.31. The number of ether oxygens (including phenoxy) is 1. The van der Waals surface area contributed by atoms with E-state index < -0.39 is 6.29 Å². The monoisotopic (exact) mass is 145 g/mol. The van der Waals surface area contributed by atoms with Crippen molar-refractivity contribution in [2.75, 3.05) is 13.7 Å². The first-order valence-electron chi connectivity index (χ1n) is 2.81. The molecule has 0 aliphatic rings. The lowest BCUT2D eigenvalue weighted by atomic mass is 10.5. The highest BCUT2D eigenvalue weighted by Gasteiger charge is 2.00. The largest absolute Gasteiger partial charge is 0.366 e. The van der Waals surface area contributed by atoms with E-state index in [4.69, 9.17) is 5.11 Å². The van der Waals surface area contributed by atoms with Crippen LogP contribution in [-0.4, -0.2) is 31.0 Å². The van der Waals surface area contributed by atoms with Crippen molar-refractivity contribution >= 4 is 5.91 Å². The summed E-state index contributed by atoms with van der Waals surface area (Å²) in [7, 11) is 1.35. The molecule has 4 nitrogen and oxygen atoms in total. The van der Waals surface area contributed by atoms with E-state index in [9.17, 15) is 4.79 Å². The molecule has 0 aliphatic heterocycles. The van der Waals surface area contributed by atoms with E-state index in [1.165, 1.54) is 7.11 Å². The first kappa shape index (κ1) is 9.13. The Bertz CT molecular complexity index is 124. The van der Waals surface area contributed by atoms with Gasteiger partial charge in [0.25, 0.3) is 0 Å². The predicted octanol–water partition coefficient (Wildman–Crippen LogP) is -0.747. The highest BCUT2D eigenvalue weighted by atomic mass is 16.6. The number of carbonyl (C=O) groups is 1. The summed E-state index contributed by atoms with van der Waals surface area (Å²) in [5.74, 6) is -0.323. The second-order valence-electron chi connectivity index (χ2n) is 1.64. The van der Waals surface area contributed by atoms with Crippen molar-refractivity contribution < 1.29 is 14.6 Å². The average Bonchev–Trinajstić information content (AvgIpc) is 1.99. The van der Waals surface area contributed by atoms with Crippen LogP contribution in [0.4, 0.5) is 0 Å². The molecule has 58 valence electrons. The van der Waals surface area contributed by atoms with Gasteiger partial charge in [0, 0.05) is 7.11 Å². The molecule has 0 radical (unpaired) electrons. The molecule has 0 fully saturated rings. The Labute approximate surface area is 59.5 Å². The van der Waals surface area contributed by atoms with Gasteiger partial charge >= 0.3 is 0 Å². The van der Waals surface area contributed by atoms with Gasteiger partial charge in [-0.15, -0.1) is 0 Å². The summed E-state index contributed by atoms with van der Waals surface area (Å²) < 4.78 is 4.45. The number of amides is 1. The lowest BCUT2D eigenvalue weighted by Gasteiger charge is -2.07. The van der Waals surface area contributed by atoms with Gasteiger partial charge in [-0.3, -0.25) is 4.79 Å². The molecular weight excluding hydrogens is 134 g/mol. The number of methoxy groups -OCH3 is 1. The van der Waals surface area contributed by atoms with Crippen LogP contribution in [0.15, 0.2) is 12.7 Å². The SMILES string of the molecule is C=CC(=O)NCC(O)OC. The number of carbonyl (C=O) groups excluding carboxylic acids is 1. The Kier molecular flexibility index (Phi) is 4.53. The third-order valence-electron chi connectivity index (χ3n) is 0.908. The highest BCUT2D eigenvalue weighted by molar-refractivity contribution is 5.86. The molecule has 0 bridgehead atoms. The Balaban J connectivity index is 3.34. The lowest BCUT2D eigenvalue weighted by molar-refractivity contribution is -0.120. The molecule has 1 atom stereocenters. The van der Waals surface area contributed by atoms with Crippen molar-refractivity contribution in [1.82, 2.24) is 5.32 Å². The van der Waals surface area contributed by atoms with Crippen LogP contribution >= 0.6 is 0 Å². The number of aliphatic hydroxyl groups excluding tert-OH is 1. The van der Waals surface area contributed by atoms with Crippen LogP contribution in [0.25, 0.3) is 0 Å². The normalized spacial score (nSPS) is 12.2. The smallest absolute Gasteiger partial charge is 0.243 e. The molecule has 0 aromatic heterocycles. The van der Waals surface area contributed by atoms with Crippen molar-refractivity contribution in [3.05, 3.63) is 12.7 Å². The van der Waals surface area contributed by atoms with Crippen LogP contribution in [-0.2, 0) is 9.53 Å². The fourth-order valence-electron chi connectivity index (χ4n) is 0.343. The van der Waals surface area contributed by atoms with Gasteiger partial charge in [0.1, 0.15) is 0 Å². The van der Waals surface area contributed by atoms with Crippen molar-refractivity contribution in [3.63, 3.8) is 0 Å². The van der Waals surface area contributed by atoms with E-state index in [-0.39, 0.29) is 12.5 Å². The minimum Gasteiger partial charge on any atom is -0.366 e. The number of aliphatic hydroxyl groups is 1. The molecule has 1 unspecified atom stereocenters. The second kappa shape index (κ2) is 4.96. The van der Waals surface area contributed by atoms with Gasteiger partial charge in [-0.25, -0.2) is 0 Å². The maximum atomic E-state index is 10.4. The Morgan fingerprint density at radius 2 is 2.60 bits per heavy atom. The lowest BCUT2D eigenvalue weighted by Crippen LogP contribution is -2.31. The standard InChI is InChI=1S/C6H11NO3/c1-3-5(8)7-4-6(9)10-2/h3,6,9H,1,4H2,2H3,(H,7,8). The third kappa shape index (κ3) is 4.05. The molecule has 0 saturated carbocycles. The molecule has 4 heteroatoms. The van der Waals surface area contributed by atoms with Crippen molar-refractivity contribution in [2.45, 2.75) is 6.29 Å². The Hall–Kier alpha value is -0.870. The summed E-state index contributed by atoms with van der Waals surface area (Å²) >= 11 is 0. The zero-order valence-electron chi connectivity index (χ0n) is 5.83. The zero-order chi connectivity index (χ0) is 7.98. The zero-order valence-corrected chi connectivity index (χ0v) is 5.83. The van der Waals surface area contributed by atoms with Gasteiger partial charge in [-0.1, -0.05) is 6.58 Å². The fraction of sp³-hybridized carbons (Fsp3) is 0.500. The van der Waals surface area contributed by atoms with E-state index in [2.05, 4.69) is 16.6 Å². The molecule has 0 heterocycles. The summed E-state index contributed by atoms with van der Waals surface area (Å²) in [6, 6.07) is 0. The molecule has 0 aromatic rings. The molecule has 0 saturated heterocycles. The molecular formula is C6H11NO3. The summed E-state index contributed by atoms with van der Waals surface area (Å²) in [4.78, 5) is 10.4. The number of rotatable bonds is 4. The minimum atomic E-state index is -0.941. The van der Waals surface area contributed by atoms with Crippen LogP contribution in [0.3, 0.4) is 0 Å². The van der Waals surface area contributed by atoms with E-state index in [0.717, 1.165) is 6.08 Å². The molecule has 10 heavy (non-hydrogen) atoms. The molecule has 0 spiro atoms. The summed E-state index contributed by atoms with van der Waals surface area (Å²) in [5, 5.41) is 11.1. The van der Waals surface area contributed by atoms with Gasteiger partial charge in [0.2, 0.25) is 5.91 Å². The first-order valence-corrected chi connectivity index (χ1v) is 2.81. The Morgan fingerprint density at radius 1 is 2.00 bits per heavy atom. The molecule has 0 aromatic carbocycles. The molecule has 0 aliphatic carbocycles. The van der Waals surface area contributed by atoms with Crippen LogP contribution in [0.1, 0.15) is 0 Å². The number of hydrogen-bond acceptors (Lipinski definition) is 3. The quantitative estimate of drug-likeness (QED) is 0.404. The average molecular weight is 145 g/mol. The molecule has 0 rings (SSSR count). The van der Waals surface area contributed by atoms with Crippen molar-refractivity contribution in [2.24, 2.45) is 0 Å². The van der Waals surface area contributed by atoms with Crippen molar-refractivity contribution in [3.8, 4) is 0 Å². The van der Waals surface area contributed by atoms with Crippen LogP contribution in [0.2, 0.25) is 0 Å². The van der Waals surface area contributed by atoms with Crippen molar-refractivity contribution in [1.29, 1.82) is 0 Å². The van der Waals surface area contributed by atoms with Gasteiger partial charge in [0.15, 0.2) is 6.29 Å².